The van der Waals surface area contributed by atoms with E-state index in [4.69, 9.17) is 36.3 Å². The lowest BCUT2D eigenvalue weighted by atomic mass is 9.83. The van der Waals surface area contributed by atoms with Crippen LogP contribution in [0.15, 0.2) is 90.3 Å². The largest absolute Gasteiger partial charge is 0.490 e. The fourth-order valence-electron chi connectivity index (χ4n) is 4.65. The summed E-state index contributed by atoms with van der Waals surface area (Å²) in [6.07, 6.45) is 0. The van der Waals surface area contributed by atoms with E-state index in [1.165, 1.54) is 30.3 Å². The fraction of sp³-hybridized carbons (Fsp3) is 0.125. The van der Waals surface area contributed by atoms with E-state index in [-0.39, 0.29) is 45.8 Å². The number of rotatable bonds is 9. The number of nitriles is 1. The maximum absolute atomic E-state index is 14.1. The van der Waals surface area contributed by atoms with Crippen LogP contribution in [0.5, 0.6) is 23.0 Å². The van der Waals surface area contributed by atoms with Gasteiger partial charge in [0.15, 0.2) is 11.5 Å². The summed E-state index contributed by atoms with van der Waals surface area (Å²) in [5, 5.41) is 21.1. The van der Waals surface area contributed by atoms with Gasteiger partial charge in [0.1, 0.15) is 35.6 Å². The molecule has 1 unspecified atom stereocenters. The molecule has 2 N–H and O–H groups in total. The van der Waals surface area contributed by atoms with E-state index in [1.54, 1.807) is 49.4 Å². The first kappa shape index (κ1) is 29.9. The van der Waals surface area contributed by atoms with Gasteiger partial charge in [0.05, 0.1) is 28.0 Å². The van der Waals surface area contributed by atoms with Gasteiger partial charge in [0, 0.05) is 29.3 Å². The van der Waals surface area contributed by atoms with E-state index in [0.29, 0.717) is 34.8 Å². The first-order valence-corrected chi connectivity index (χ1v) is 13.6. The number of nitrogens with zero attached hydrogens (tertiary/aromatic N) is 2. The van der Waals surface area contributed by atoms with Crippen molar-refractivity contribution in [2.24, 2.45) is 5.73 Å². The van der Waals surface area contributed by atoms with Crippen LogP contribution in [0, 0.1) is 27.3 Å². The van der Waals surface area contributed by atoms with E-state index >= 15 is 0 Å². The molecule has 4 aromatic carbocycles. The lowest BCUT2D eigenvalue weighted by Gasteiger charge is -2.27. The second-order valence-corrected chi connectivity index (χ2v) is 9.86. The minimum atomic E-state index is -0.917. The van der Waals surface area contributed by atoms with Crippen molar-refractivity contribution in [3.63, 3.8) is 0 Å². The molecule has 1 aliphatic rings. The van der Waals surface area contributed by atoms with Crippen LogP contribution in [-0.4, -0.2) is 17.5 Å². The maximum Gasteiger partial charge on any atom is 0.345 e. The number of nitro benzene ring substituents is 1. The summed E-state index contributed by atoms with van der Waals surface area (Å²) in [5.41, 5.74) is 7.33. The quantitative estimate of drug-likeness (QED) is 0.0928. The van der Waals surface area contributed by atoms with Crippen molar-refractivity contribution in [3.05, 3.63) is 134 Å². The molecule has 1 heterocycles. The Bertz CT molecular complexity index is 1850. The minimum Gasteiger partial charge on any atom is -0.490 e. The smallest absolute Gasteiger partial charge is 0.345 e. The number of allylic oxidation sites excluding steroid dienone is 1. The molecular weight excluding hydrogens is 593 g/mol. The number of halogens is 2. The van der Waals surface area contributed by atoms with Gasteiger partial charge in [-0.3, -0.25) is 10.1 Å². The molecule has 0 fully saturated rings. The zero-order valence-electron chi connectivity index (χ0n) is 23.1. The first-order valence-electron chi connectivity index (χ1n) is 13.2. The van der Waals surface area contributed by atoms with E-state index < -0.39 is 22.6 Å². The monoisotopic (exact) mass is 615 g/mol. The molecule has 12 heteroatoms. The molecule has 0 saturated carbocycles. The van der Waals surface area contributed by atoms with Crippen molar-refractivity contribution < 1.29 is 33.1 Å². The molecule has 10 nitrogen and oxygen atoms in total. The lowest BCUT2D eigenvalue weighted by molar-refractivity contribution is -0.384. The number of hydrogen-bond acceptors (Lipinski definition) is 9. The summed E-state index contributed by atoms with van der Waals surface area (Å²) in [5.74, 6) is -1.10. The van der Waals surface area contributed by atoms with Crippen LogP contribution in [0.1, 0.15) is 39.9 Å². The molecule has 0 aliphatic carbocycles. The number of ether oxygens (including phenoxy) is 4. The van der Waals surface area contributed by atoms with Gasteiger partial charge >= 0.3 is 5.97 Å². The molecule has 222 valence electrons. The van der Waals surface area contributed by atoms with Crippen molar-refractivity contribution >= 4 is 23.3 Å². The maximum atomic E-state index is 14.1. The van der Waals surface area contributed by atoms with Crippen LogP contribution in [-0.2, 0) is 6.61 Å². The minimum absolute atomic E-state index is 0.0212. The molecule has 0 saturated heterocycles. The van der Waals surface area contributed by atoms with Crippen LogP contribution in [0.4, 0.5) is 10.1 Å². The first-order chi connectivity index (χ1) is 21.2. The van der Waals surface area contributed by atoms with Crippen LogP contribution in [0.2, 0.25) is 5.02 Å². The molecule has 44 heavy (non-hydrogen) atoms. The predicted molar refractivity (Wildman–Crippen MR) is 157 cm³/mol. The van der Waals surface area contributed by atoms with E-state index in [0.717, 1.165) is 6.07 Å². The number of non-ortho nitro benzene ring substituents is 1. The predicted octanol–water partition coefficient (Wildman–Crippen LogP) is 6.80. The van der Waals surface area contributed by atoms with Crippen molar-refractivity contribution in [2.75, 3.05) is 6.61 Å². The molecule has 0 spiro atoms. The highest BCUT2D eigenvalue weighted by molar-refractivity contribution is 6.33. The number of nitrogens with two attached hydrogens (primary N) is 1. The topological polar surface area (TPSA) is 147 Å². The fourth-order valence-corrected chi connectivity index (χ4v) is 4.84. The van der Waals surface area contributed by atoms with Crippen molar-refractivity contribution in [1.82, 2.24) is 0 Å². The van der Waals surface area contributed by atoms with Gasteiger partial charge in [-0.05, 0) is 42.8 Å². The third-order valence-corrected chi connectivity index (χ3v) is 7.05. The number of hydrogen-bond donors (Lipinski definition) is 1. The lowest BCUT2D eigenvalue weighted by Crippen LogP contribution is -2.21. The molecule has 1 atom stereocenters. The molecule has 5 rings (SSSR count). The number of fused-ring (bicyclic) bond motifs is 1. The number of benzene rings is 4. The van der Waals surface area contributed by atoms with Gasteiger partial charge in [0.25, 0.3) is 5.69 Å². The van der Waals surface area contributed by atoms with Gasteiger partial charge in [0.2, 0.25) is 5.88 Å². The molecule has 0 radical (unpaired) electrons. The van der Waals surface area contributed by atoms with Crippen LogP contribution >= 0.6 is 11.6 Å². The molecule has 0 amide bonds. The third kappa shape index (κ3) is 6.11. The van der Waals surface area contributed by atoms with E-state index in [1.807, 2.05) is 0 Å². The summed E-state index contributed by atoms with van der Waals surface area (Å²) in [4.78, 5) is 23.3. The van der Waals surface area contributed by atoms with Crippen molar-refractivity contribution in [3.8, 4) is 29.1 Å². The van der Waals surface area contributed by atoms with Gasteiger partial charge < -0.3 is 24.7 Å². The molecule has 4 aromatic rings. The molecule has 0 bridgehead atoms. The molecule has 0 aromatic heterocycles. The van der Waals surface area contributed by atoms with Crippen LogP contribution in [0.3, 0.4) is 0 Å². The highest BCUT2D eigenvalue weighted by Crippen LogP contribution is 2.45. The number of carbonyl (C=O) groups is 1. The summed E-state index contributed by atoms with van der Waals surface area (Å²) in [7, 11) is 0. The van der Waals surface area contributed by atoms with Crippen LogP contribution in [0.25, 0.3) is 0 Å². The Labute approximate surface area is 255 Å². The Morgan fingerprint density at radius 2 is 1.89 bits per heavy atom. The Morgan fingerprint density at radius 1 is 1.09 bits per heavy atom. The average Bonchev–Trinajstić information content (AvgIpc) is 3.00. The second kappa shape index (κ2) is 12.7. The number of nitro groups is 1. The number of esters is 1. The van der Waals surface area contributed by atoms with E-state index in [2.05, 4.69) is 6.07 Å². The Kier molecular flexibility index (Phi) is 8.64. The standard InChI is InChI=1S/C32H23ClFN3O7/c1-2-41-29-13-18(7-12-27(29)42-17-19-5-3-4-6-26(19)34)30-22-10-9-21(15-28(22)44-31(36)24(30)16-35)43-32(38)23-14-20(37(39)40)8-11-25(23)33/h3-15,30H,2,17,36H2,1H3. The van der Waals surface area contributed by atoms with E-state index in [9.17, 15) is 24.6 Å². The summed E-state index contributed by atoms with van der Waals surface area (Å²) in [6.45, 7) is 2.10. The van der Waals surface area contributed by atoms with Gasteiger partial charge in [-0.25, -0.2) is 9.18 Å². The normalized spacial score (nSPS) is 13.7. The van der Waals surface area contributed by atoms with Crippen molar-refractivity contribution in [1.29, 1.82) is 5.26 Å². The molecular formula is C32H23ClFN3O7. The average molecular weight is 616 g/mol. The second-order valence-electron chi connectivity index (χ2n) is 9.45. The van der Waals surface area contributed by atoms with Gasteiger partial charge in [-0.15, -0.1) is 0 Å². The SMILES string of the molecule is CCOc1cc(C2C(C#N)=C(N)Oc3cc(OC(=O)c4cc([N+](=O)[O-])ccc4Cl)ccc32)ccc1OCc1ccccc1F. The highest BCUT2D eigenvalue weighted by Gasteiger charge is 2.32. The summed E-state index contributed by atoms with van der Waals surface area (Å²) < 4.78 is 37.0. The number of carbonyl (C=O) groups excluding carboxylic acids is 1. The van der Waals surface area contributed by atoms with Crippen molar-refractivity contribution in [2.45, 2.75) is 19.4 Å². The zero-order valence-corrected chi connectivity index (χ0v) is 23.8. The van der Waals surface area contributed by atoms with Crippen LogP contribution < -0.4 is 24.7 Å². The zero-order chi connectivity index (χ0) is 31.4. The Hall–Kier alpha value is -5.60. The Balaban J connectivity index is 1.45. The summed E-state index contributed by atoms with van der Waals surface area (Å²) in [6, 6.07) is 21.5. The van der Waals surface area contributed by atoms with Gasteiger partial charge in [-0.2, -0.15) is 5.26 Å². The highest BCUT2D eigenvalue weighted by atomic mass is 35.5. The third-order valence-electron chi connectivity index (χ3n) is 6.72. The summed E-state index contributed by atoms with van der Waals surface area (Å²) >= 11 is 6.08. The molecule has 1 aliphatic heterocycles. The van der Waals surface area contributed by atoms with Gasteiger partial charge in [-0.1, -0.05) is 41.9 Å². The Morgan fingerprint density at radius 3 is 2.61 bits per heavy atom.